The molecule has 0 bridgehead atoms. The lowest BCUT2D eigenvalue weighted by atomic mass is 9.97. The van der Waals surface area contributed by atoms with Crippen molar-refractivity contribution in [1.29, 1.82) is 0 Å². The third-order valence-electron chi connectivity index (χ3n) is 5.68. The molecule has 1 aliphatic carbocycles. The fourth-order valence-corrected chi connectivity index (χ4v) is 4.94. The molecule has 32 heavy (non-hydrogen) atoms. The molecule has 2 aromatic carbocycles. The SMILES string of the molecule is Cc1oc(-c2ccc(C(=O)NCCC3=CCCCC3)cc2)nc1CS(=O)c1ccccc1. The van der Waals surface area contributed by atoms with Gasteiger partial charge in [-0.1, -0.05) is 29.8 Å². The summed E-state index contributed by atoms with van der Waals surface area (Å²) in [6.07, 6.45) is 8.08. The normalized spacial score (nSPS) is 14.6. The second-order valence-corrected chi connectivity index (χ2v) is 9.47. The Hall–Kier alpha value is -2.99. The predicted octanol–water partition coefficient (Wildman–Crippen LogP) is 5.58. The van der Waals surface area contributed by atoms with Gasteiger partial charge in [0.25, 0.3) is 5.91 Å². The van der Waals surface area contributed by atoms with Gasteiger partial charge in [0.05, 0.1) is 22.2 Å². The number of amides is 1. The topological polar surface area (TPSA) is 72.2 Å². The van der Waals surface area contributed by atoms with E-state index in [1.165, 1.54) is 18.4 Å². The zero-order valence-corrected chi connectivity index (χ0v) is 19.1. The van der Waals surface area contributed by atoms with Crippen molar-refractivity contribution < 1.29 is 13.4 Å². The summed E-state index contributed by atoms with van der Waals surface area (Å²) in [6, 6.07) is 16.6. The predicted molar refractivity (Wildman–Crippen MR) is 127 cm³/mol. The largest absolute Gasteiger partial charge is 0.441 e. The molecule has 1 aromatic heterocycles. The lowest BCUT2D eigenvalue weighted by Gasteiger charge is -2.13. The number of nitrogens with zero attached hydrogens (tertiary/aromatic N) is 1. The summed E-state index contributed by atoms with van der Waals surface area (Å²) in [6.45, 7) is 2.49. The molecule has 5 nitrogen and oxygen atoms in total. The molecule has 0 spiro atoms. The fraction of sp³-hybridized carbons (Fsp3) is 0.308. The van der Waals surface area contributed by atoms with Gasteiger partial charge in [-0.2, -0.15) is 0 Å². The highest BCUT2D eigenvalue weighted by atomic mass is 32.2. The Morgan fingerprint density at radius 1 is 1.09 bits per heavy atom. The van der Waals surface area contributed by atoms with E-state index >= 15 is 0 Å². The quantitative estimate of drug-likeness (QED) is 0.457. The van der Waals surface area contributed by atoms with Gasteiger partial charge in [-0.05, 0) is 75.4 Å². The number of benzene rings is 2. The number of carbonyl (C=O) groups excluding carboxylic acids is 1. The molecule has 1 N–H and O–H groups in total. The van der Waals surface area contributed by atoms with Crippen molar-refractivity contribution in [2.45, 2.75) is 49.7 Å². The van der Waals surface area contributed by atoms with E-state index in [0.29, 0.717) is 35.2 Å². The van der Waals surface area contributed by atoms with Crippen LogP contribution in [0.15, 0.2) is 75.6 Å². The lowest BCUT2D eigenvalue weighted by molar-refractivity contribution is 0.0954. The number of nitrogens with one attached hydrogen (secondary N) is 1. The van der Waals surface area contributed by atoms with Crippen LogP contribution in [-0.4, -0.2) is 21.6 Å². The summed E-state index contributed by atoms with van der Waals surface area (Å²) in [5.41, 5.74) is 3.53. The van der Waals surface area contributed by atoms with Crippen LogP contribution >= 0.6 is 0 Å². The molecular formula is C26H28N2O3S. The Kier molecular flexibility index (Phi) is 7.32. The number of rotatable bonds is 8. The molecule has 166 valence electrons. The second-order valence-electron chi connectivity index (χ2n) is 8.02. The summed E-state index contributed by atoms with van der Waals surface area (Å²) in [5.74, 6) is 1.35. The molecule has 0 aliphatic heterocycles. The molecule has 1 atom stereocenters. The van der Waals surface area contributed by atoms with Gasteiger partial charge in [0.1, 0.15) is 5.76 Å². The van der Waals surface area contributed by atoms with Crippen molar-refractivity contribution in [3.05, 3.63) is 83.3 Å². The van der Waals surface area contributed by atoms with Crippen molar-refractivity contribution in [1.82, 2.24) is 10.3 Å². The first kappa shape index (κ1) is 22.2. The van der Waals surface area contributed by atoms with Crippen molar-refractivity contribution >= 4 is 16.7 Å². The molecule has 0 saturated heterocycles. The van der Waals surface area contributed by atoms with Gasteiger partial charge in [0.2, 0.25) is 5.89 Å². The van der Waals surface area contributed by atoms with Crippen LogP contribution in [0, 0.1) is 6.92 Å². The van der Waals surface area contributed by atoms with E-state index in [1.807, 2.05) is 49.4 Å². The number of allylic oxidation sites excluding steroid dienone is 1. The minimum Gasteiger partial charge on any atom is -0.441 e. The molecule has 1 amide bonds. The molecular weight excluding hydrogens is 420 g/mol. The Balaban J connectivity index is 1.36. The third-order valence-corrected chi connectivity index (χ3v) is 7.01. The first-order valence-corrected chi connectivity index (χ1v) is 12.4. The molecule has 6 heteroatoms. The summed E-state index contributed by atoms with van der Waals surface area (Å²) in [5, 5.41) is 3.00. The highest BCUT2D eigenvalue weighted by Gasteiger charge is 2.16. The highest BCUT2D eigenvalue weighted by molar-refractivity contribution is 7.84. The number of aromatic nitrogens is 1. The average molecular weight is 449 g/mol. The van der Waals surface area contributed by atoms with Gasteiger partial charge in [0, 0.05) is 22.6 Å². The van der Waals surface area contributed by atoms with Crippen LogP contribution in [0.5, 0.6) is 0 Å². The third kappa shape index (κ3) is 5.62. The van der Waals surface area contributed by atoms with Gasteiger partial charge < -0.3 is 9.73 Å². The average Bonchev–Trinajstić information content (AvgIpc) is 3.20. The van der Waals surface area contributed by atoms with Crippen LogP contribution in [0.2, 0.25) is 0 Å². The minimum absolute atomic E-state index is 0.0736. The summed E-state index contributed by atoms with van der Waals surface area (Å²) < 4.78 is 18.4. The first-order valence-electron chi connectivity index (χ1n) is 11.1. The van der Waals surface area contributed by atoms with E-state index in [4.69, 9.17) is 4.42 Å². The number of oxazole rings is 1. The van der Waals surface area contributed by atoms with E-state index < -0.39 is 10.8 Å². The van der Waals surface area contributed by atoms with Gasteiger partial charge >= 0.3 is 0 Å². The van der Waals surface area contributed by atoms with E-state index in [2.05, 4.69) is 16.4 Å². The Morgan fingerprint density at radius 2 is 1.88 bits per heavy atom. The molecule has 4 rings (SSSR count). The molecule has 1 aliphatic rings. The maximum absolute atomic E-state index is 12.6. The first-order chi connectivity index (χ1) is 15.6. The zero-order valence-electron chi connectivity index (χ0n) is 18.3. The highest BCUT2D eigenvalue weighted by Crippen LogP contribution is 2.24. The summed E-state index contributed by atoms with van der Waals surface area (Å²) in [7, 11) is -1.18. The number of carbonyl (C=O) groups is 1. The van der Waals surface area contributed by atoms with Crippen molar-refractivity contribution in [2.24, 2.45) is 0 Å². The fourth-order valence-electron chi connectivity index (χ4n) is 3.80. The Labute approximate surface area is 191 Å². The van der Waals surface area contributed by atoms with E-state index in [1.54, 1.807) is 12.1 Å². The van der Waals surface area contributed by atoms with Crippen molar-refractivity contribution in [3.63, 3.8) is 0 Å². The van der Waals surface area contributed by atoms with Crippen LogP contribution in [0.25, 0.3) is 11.5 Å². The molecule has 3 aromatic rings. The maximum Gasteiger partial charge on any atom is 0.251 e. The van der Waals surface area contributed by atoms with Crippen LogP contribution < -0.4 is 5.32 Å². The van der Waals surface area contributed by atoms with Gasteiger partial charge in [0.15, 0.2) is 0 Å². The number of aryl methyl sites for hydroxylation is 1. The maximum atomic E-state index is 12.6. The molecule has 0 fully saturated rings. The molecule has 1 unspecified atom stereocenters. The molecule has 1 heterocycles. The zero-order chi connectivity index (χ0) is 22.3. The lowest BCUT2D eigenvalue weighted by Crippen LogP contribution is -2.24. The smallest absolute Gasteiger partial charge is 0.251 e. The Morgan fingerprint density at radius 3 is 2.59 bits per heavy atom. The van der Waals surface area contributed by atoms with Gasteiger partial charge in [-0.3, -0.25) is 9.00 Å². The van der Waals surface area contributed by atoms with Crippen LogP contribution in [0.4, 0.5) is 0 Å². The van der Waals surface area contributed by atoms with Crippen LogP contribution in [0.1, 0.15) is 53.9 Å². The minimum atomic E-state index is -1.18. The van der Waals surface area contributed by atoms with Crippen molar-refractivity contribution in [2.75, 3.05) is 6.54 Å². The second kappa shape index (κ2) is 10.6. The van der Waals surface area contributed by atoms with E-state index in [9.17, 15) is 9.00 Å². The number of hydrogen-bond acceptors (Lipinski definition) is 4. The van der Waals surface area contributed by atoms with Crippen LogP contribution in [-0.2, 0) is 16.6 Å². The van der Waals surface area contributed by atoms with Gasteiger partial charge in [-0.15, -0.1) is 0 Å². The Bertz CT molecular complexity index is 1120. The van der Waals surface area contributed by atoms with E-state index in [0.717, 1.165) is 29.7 Å². The molecule has 0 saturated carbocycles. The van der Waals surface area contributed by atoms with Crippen molar-refractivity contribution in [3.8, 4) is 11.5 Å². The van der Waals surface area contributed by atoms with E-state index in [-0.39, 0.29) is 5.91 Å². The summed E-state index contributed by atoms with van der Waals surface area (Å²) >= 11 is 0. The summed E-state index contributed by atoms with van der Waals surface area (Å²) in [4.78, 5) is 17.8. The monoisotopic (exact) mass is 448 g/mol. The van der Waals surface area contributed by atoms with Crippen LogP contribution in [0.3, 0.4) is 0 Å². The van der Waals surface area contributed by atoms with Gasteiger partial charge in [-0.25, -0.2) is 4.98 Å². The molecule has 0 radical (unpaired) electrons. The standard InChI is InChI=1S/C26H28N2O3S/c1-19-24(18-32(30)23-10-6-3-7-11-23)28-26(31-19)22-14-12-21(13-15-22)25(29)27-17-16-20-8-4-2-5-9-20/h3,6-8,10-15H,2,4-5,9,16-18H2,1H3,(H,27,29). The number of hydrogen-bond donors (Lipinski definition) is 1.